The van der Waals surface area contributed by atoms with Gasteiger partial charge in [0.15, 0.2) is 0 Å². The monoisotopic (exact) mass is 222 g/mol. The van der Waals surface area contributed by atoms with Gasteiger partial charge in [0.05, 0.1) is 7.11 Å². The number of carbonyl (C=O) groups excluding carboxylic acids is 1. The topological polar surface area (TPSA) is 52.3 Å². The minimum Gasteiger partial charge on any atom is -0.468 e. The van der Waals surface area contributed by atoms with Crippen molar-refractivity contribution in [2.45, 2.75) is 44.6 Å². The average Bonchev–Trinajstić information content (AvgIpc) is 2.17. The molecule has 14 heavy (non-hydrogen) atoms. The zero-order valence-corrected chi connectivity index (χ0v) is 9.44. The maximum atomic E-state index is 11.1. The number of halogens is 1. The molecule has 1 aliphatic carbocycles. The second-order valence-electron chi connectivity index (χ2n) is 3.64. The molecule has 0 aromatic carbocycles. The summed E-state index contributed by atoms with van der Waals surface area (Å²) in [4.78, 5) is 11.1. The Morgan fingerprint density at radius 3 is 2.64 bits per heavy atom. The summed E-state index contributed by atoms with van der Waals surface area (Å²) in [6.07, 6.45) is 5.51. The Balaban J connectivity index is 0.00000196. The molecular formula is C10H20ClNO2. The number of rotatable bonds is 3. The van der Waals surface area contributed by atoms with Crippen molar-refractivity contribution in [2.24, 2.45) is 11.6 Å². The molecule has 1 saturated carbocycles. The van der Waals surface area contributed by atoms with E-state index in [1.54, 1.807) is 0 Å². The third kappa shape index (κ3) is 4.29. The third-order valence-electron chi connectivity index (χ3n) is 2.57. The molecular weight excluding hydrogens is 202 g/mol. The van der Waals surface area contributed by atoms with Gasteiger partial charge in [0, 0.05) is 1.37 Å². The fourth-order valence-corrected chi connectivity index (χ4v) is 1.80. The highest BCUT2D eigenvalue weighted by Gasteiger charge is 2.21. The molecule has 3 nitrogen and oxygen atoms in total. The van der Waals surface area contributed by atoms with Crippen LogP contribution in [0.3, 0.4) is 0 Å². The zero-order valence-electron chi connectivity index (χ0n) is 9.62. The summed E-state index contributed by atoms with van der Waals surface area (Å²) in [7, 11) is 1.33. The van der Waals surface area contributed by atoms with Gasteiger partial charge in [-0.15, -0.1) is 12.4 Å². The molecule has 84 valence electrons. The van der Waals surface area contributed by atoms with E-state index in [4.69, 9.17) is 7.10 Å². The normalized spacial score (nSPS) is 22.9. The van der Waals surface area contributed by atoms with E-state index < -0.39 is 17.9 Å². The lowest BCUT2D eigenvalue weighted by molar-refractivity contribution is -0.142. The van der Waals surface area contributed by atoms with Gasteiger partial charge >= 0.3 is 5.97 Å². The van der Waals surface area contributed by atoms with Crippen molar-refractivity contribution >= 4 is 18.4 Å². The molecule has 0 spiro atoms. The van der Waals surface area contributed by atoms with E-state index in [-0.39, 0.29) is 12.4 Å². The molecule has 0 aromatic rings. The van der Waals surface area contributed by atoms with Crippen molar-refractivity contribution in [1.29, 1.82) is 0 Å². The molecule has 1 rings (SSSR count). The van der Waals surface area contributed by atoms with Crippen molar-refractivity contribution in [3.8, 4) is 0 Å². The van der Waals surface area contributed by atoms with Gasteiger partial charge in [0.2, 0.25) is 0 Å². The Bertz CT molecular complexity index is 208. The van der Waals surface area contributed by atoms with Crippen LogP contribution in [-0.4, -0.2) is 19.1 Å². The summed E-state index contributed by atoms with van der Waals surface area (Å²) in [6.45, 7) is 0. The molecule has 0 bridgehead atoms. The van der Waals surface area contributed by atoms with Crippen molar-refractivity contribution in [1.82, 2.24) is 0 Å². The summed E-state index contributed by atoms with van der Waals surface area (Å²) in [5.41, 5.74) is 5.65. The van der Waals surface area contributed by atoms with Crippen molar-refractivity contribution in [3.63, 3.8) is 0 Å². The number of esters is 1. The van der Waals surface area contributed by atoms with E-state index in [2.05, 4.69) is 4.74 Å². The van der Waals surface area contributed by atoms with Crippen LogP contribution < -0.4 is 5.73 Å². The van der Waals surface area contributed by atoms with E-state index in [0.717, 1.165) is 25.7 Å². The molecule has 0 aromatic heterocycles. The maximum absolute atomic E-state index is 11.1. The van der Waals surface area contributed by atoms with Crippen molar-refractivity contribution in [2.75, 3.05) is 7.11 Å². The van der Waals surface area contributed by atoms with E-state index >= 15 is 0 Å². The van der Waals surface area contributed by atoms with Crippen molar-refractivity contribution in [3.05, 3.63) is 0 Å². The summed E-state index contributed by atoms with van der Waals surface area (Å²) >= 11 is 0. The highest BCUT2D eigenvalue weighted by molar-refractivity contribution is 5.85. The fraction of sp³-hybridized carbons (Fsp3) is 0.900. The summed E-state index contributed by atoms with van der Waals surface area (Å²) in [5, 5.41) is 0. The number of hydrogen-bond acceptors (Lipinski definition) is 3. The smallest absolute Gasteiger partial charge is 0.322 e. The quantitative estimate of drug-likeness (QED) is 0.742. The second kappa shape index (κ2) is 7.07. The highest BCUT2D eigenvalue weighted by atomic mass is 35.5. The number of carbonyl (C=O) groups is 1. The van der Waals surface area contributed by atoms with Gasteiger partial charge in [0.1, 0.15) is 6.04 Å². The van der Waals surface area contributed by atoms with E-state index in [1.165, 1.54) is 13.5 Å². The van der Waals surface area contributed by atoms with Crippen LogP contribution in [-0.2, 0) is 9.53 Å². The van der Waals surface area contributed by atoms with Gasteiger partial charge < -0.3 is 10.5 Å². The first-order chi connectivity index (χ1) is 6.57. The molecule has 0 saturated heterocycles. The minimum atomic E-state index is -0.629. The van der Waals surface area contributed by atoms with Crippen molar-refractivity contribution < 1.29 is 10.9 Å². The molecule has 4 heteroatoms. The molecule has 1 aliphatic rings. The first-order valence-electron chi connectivity index (χ1n) is 5.41. The van der Waals surface area contributed by atoms with Crippen LogP contribution >= 0.6 is 12.4 Å². The zero-order chi connectivity index (χ0) is 10.6. The molecule has 0 aliphatic heterocycles. The molecule has 1 atom stereocenters. The van der Waals surface area contributed by atoms with Crippen LogP contribution in [0.25, 0.3) is 0 Å². The molecule has 0 amide bonds. The summed E-state index contributed by atoms with van der Waals surface area (Å²) in [5.74, 6) is -0.895. The van der Waals surface area contributed by atoms with Gasteiger partial charge in [-0.25, -0.2) is 0 Å². The predicted octanol–water partition coefficient (Wildman–Crippen LogP) is 1.88. The average molecular weight is 223 g/mol. The van der Waals surface area contributed by atoms with Crippen LogP contribution in [0.15, 0.2) is 0 Å². The Hall–Kier alpha value is -0.280. The Morgan fingerprint density at radius 1 is 1.57 bits per heavy atom. The van der Waals surface area contributed by atoms with Gasteiger partial charge in [-0.3, -0.25) is 4.79 Å². The highest BCUT2D eigenvalue weighted by Crippen LogP contribution is 2.26. The maximum Gasteiger partial charge on any atom is 0.322 e. The summed E-state index contributed by atoms with van der Waals surface area (Å²) < 4.78 is 12.7. The van der Waals surface area contributed by atoms with Crippen LogP contribution in [0.2, 0.25) is 0 Å². The fourth-order valence-electron chi connectivity index (χ4n) is 1.80. The van der Waals surface area contributed by atoms with Gasteiger partial charge in [0.25, 0.3) is 0 Å². The third-order valence-corrected chi connectivity index (χ3v) is 2.57. The number of nitrogens with two attached hydrogens (primary N) is 1. The lowest BCUT2D eigenvalue weighted by Crippen LogP contribution is -2.34. The van der Waals surface area contributed by atoms with E-state index in [1.807, 2.05) is 0 Å². The van der Waals surface area contributed by atoms with Gasteiger partial charge in [-0.2, -0.15) is 0 Å². The Morgan fingerprint density at radius 2 is 2.14 bits per heavy atom. The van der Waals surface area contributed by atoms with Crippen LogP contribution in [0, 0.1) is 5.89 Å². The lowest BCUT2D eigenvalue weighted by Gasteiger charge is -2.23. The van der Waals surface area contributed by atoms with Gasteiger partial charge in [-0.05, 0) is 12.3 Å². The number of hydrogen-bond donors (Lipinski definition) is 1. The summed E-state index contributed by atoms with van der Waals surface area (Å²) in [6, 6.07) is -0.629. The minimum absolute atomic E-state index is 0. The van der Waals surface area contributed by atoms with Crippen LogP contribution in [0.5, 0.6) is 0 Å². The number of methoxy groups -OCH3 is 1. The molecule has 0 heterocycles. The molecule has 0 radical (unpaired) electrons. The molecule has 0 unspecified atom stereocenters. The lowest BCUT2D eigenvalue weighted by atomic mass is 9.85. The molecule has 1 fully saturated rings. The van der Waals surface area contributed by atoms with Gasteiger partial charge in [-0.1, -0.05) is 32.1 Å². The van der Waals surface area contributed by atoms with E-state index in [9.17, 15) is 4.79 Å². The SMILES string of the molecule is Cl.[2H]C1(C[C@H](N)C(=O)OC)CCCCC1. The Labute approximate surface area is 93.2 Å². The second-order valence-corrected chi connectivity index (χ2v) is 3.64. The first kappa shape index (κ1) is 11.8. The Kier molecular flexibility index (Phi) is 5.96. The standard InChI is InChI=1S/C10H19NO2.ClH/c1-13-10(12)9(11)7-8-5-3-2-4-6-8;/h8-9H,2-7,11H2,1H3;1H/t9-;/m0./s1/i8D;. The van der Waals surface area contributed by atoms with E-state index in [0.29, 0.717) is 6.42 Å². The number of ether oxygens (including phenoxy) is 1. The largest absolute Gasteiger partial charge is 0.468 e. The van der Waals surface area contributed by atoms with Crippen LogP contribution in [0.4, 0.5) is 0 Å². The molecule has 2 N–H and O–H groups in total. The predicted molar refractivity (Wildman–Crippen MR) is 58.4 cm³/mol. The van der Waals surface area contributed by atoms with Crippen LogP contribution in [0.1, 0.15) is 39.9 Å². The first-order valence-corrected chi connectivity index (χ1v) is 4.91.